The van der Waals surface area contributed by atoms with Crippen LogP contribution in [0, 0.1) is 12.8 Å². The Bertz CT molecular complexity index is 487. The highest BCUT2D eigenvalue weighted by molar-refractivity contribution is 9.10. The molecule has 0 aliphatic carbocycles. The predicted octanol–water partition coefficient (Wildman–Crippen LogP) is 4.04. The molecule has 1 aromatic carbocycles. The van der Waals surface area contributed by atoms with Crippen molar-refractivity contribution in [2.45, 2.75) is 26.7 Å². The molecule has 1 heterocycles. The molecule has 2 rings (SSSR count). The lowest BCUT2D eigenvalue weighted by atomic mass is 10.1. The molecule has 0 radical (unpaired) electrons. The second kappa shape index (κ2) is 7.80. The minimum absolute atomic E-state index is 0.0227. The van der Waals surface area contributed by atoms with E-state index in [-0.39, 0.29) is 6.03 Å². The van der Waals surface area contributed by atoms with Gasteiger partial charge in [-0.05, 0) is 43.5 Å². The third-order valence-electron chi connectivity index (χ3n) is 3.69. The molecule has 0 bridgehead atoms. The molecular formula is C16H23BrN2O2. The van der Waals surface area contributed by atoms with Gasteiger partial charge < -0.3 is 15.0 Å². The number of hydrogen-bond acceptors (Lipinski definition) is 2. The second-order valence-corrected chi connectivity index (χ2v) is 6.42. The van der Waals surface area contributed by atoms with Crippen LogP contribution in [0.4, 0.5) is 10.5 Å². The highest BCUT2D eigenvalue weighted by Crippen LogP contribution is 2.21. The van der Waals surface area contributed by atoms with Gasteiger partial charge in [-0.2, -0.15) is 0 Å². The summed E-state index contributed by atoms with van der Waals surface area (Å²) >= 11 is 3.47. The number of urea groups is 1. The van der Waals surface area contributed by atoms with Crippen molar-refractivity contribution in [1.82, 2.24) is 4.90 Å². The topological polar surface area (TPSA) is 41.6 Å². The number of amides is 2. The van der Waals surface area contributed by atoms with Crippen molar-refractivity contribution in [3.63, 3.8) is 0 Å². The Morgan fingerprint density at radius 3 is 2.95 bits per heavy atom. The van der Waals surface area contributed by atoms with E-state index in [0.29, 0.717) is 5.92 Å². The minimum Gasteiger partial charge on any atom is -0.381 e. The van der Waals surface area contributed by atoms with Crippen LogP contribution in [0.2, 0.25) is 0 Å². The number of rotatable bonds is 5. The Hall–Kier alpha value is -1.07. The number of aryl methyl sites for hydroxylation is 1. The lowest BCUT2D eigenvalue weighted by molar-refractivity contribution is 0.169. The molecule has 1 aliphatic heterocycles. The zero-order chi connectivity index (χ0) is 15.2. The van der Waals surface area contributed by atoms with E-state index in [4.69, 9.17) is 4.74 Å². The fourth-order valence-corrected chi connectivity index (χ4v) is 2.76. The molecule has 21 heavy (non-hydrogen) atoms. The fraction of sp³-hybridized carbons (Fsp3) is 0.562. The minimum atomic E-state index is -0.0227. The summed E-state index contributed by atoms with van der Waals surface area (Å²) in [6.07, 6.45) is 2.01. The zero-order valence-electron chi connectivity index (χ0n) is 12.7. The SMILES string of the molecule is CCCN(CC1CCOC1)C(=O)Nc1ccc(Br)c(C)c1. The summed E-state index contributed by atoms with van der Waals surface area (Å²) in [5, 5.41) is 2.99. The number of halogens is 1. The van der Waals surface area contributed by atoms with Gasteiger partial charge >= 0.3 is 6.03 Å². The molecule has 5 heteroatoms. The van der Waals surface area contributed by atoms with Gasteiger partial charge in [0.15, 0.2) is 0 Å². The molecule has 1 aliphatic rings. The van der Waals surface area contributed by atoms with Crippen molar-refractivity contribution in [3.8, 4) is 0 Å². The monoisotopic (exact) mass is 354 g/mol. The smallest absolute Gasteiger partial charge is 0.321 e. The number of nitrogens with zero attached hydrogens (tertiary/aromatic N) is 1. The number of benzene rings is 1. The van der Waals surface area contributed by atoms with E-state index >= 15 is 0 Å². The Labute approximate surface area is 135 Å². The van der Waals surface area contributed by atoms with E-state index in [2.05, 4.69) is 28.2 Å². The fourth-order valence-electron chi connectivity index (χ4n) is 2.51. The molecule has 1 atom stereocenters. The molecule has 1 aromatic rings. The van der Waals surface area contributed by atoms with Crippen LogP contribution < -0.4 is 5.32 Å². The van der Waals surface area contributed by atoms with E-state index in [1.165, 1.54) is 0 Å². The molecule has 1 N–H and O–H groups in total. The van der Waals surface area contributed by atoms with Crippen LogP contribution in [0.1, 0.15) is 25.3 Å². The quantitative estimate of drug-likeness (QED) is 0.866. The third kappa shape index (κ3) is 4.71. The van der Waals surface area contributed by atoms with Crippen LogP contribution in [0.3, 0.4) is 0 Å². The predicted molar refractivity (Wildman–Crippen MR) is 88.7 cm³/mol. The first-order valence-electron chi connectivity index (χ1n) is 7.50. The molecule has 0 saturated carbocycles. The van der Waals surface area contributed by atoms with Gasteiger partial charge in [0.05, 0.1) is 6.61 Å². The average Bonchev–Trinajstić information content (AvgIpc) is 2.95. The van der Waals surface area contributed by atoms with Crippen molar-refractivity contribution >= 4 is 27.6 Å². The Balaban J connectivity index is 1.98. The highest BCUT2D eigenvalue weighted by atomic mass is 79.9. The number of anilines is 1. The zero-order valence-corrected chi connectivity index (χ0v) is 14.3. The standard InChI is InChI=1S/C16H23BrN2O2/c1-3-7-19(10-13-6-8-21-11-13)16(20)18-14-4-5-15(17)12(2)9-14/h4-5,9,13H,3,6-8,10-11H2,1-2H3,(H,18,20). The van der Waals surface area contributed by atoms with Crippen LogP contribution in [0.5, 0.6) is 0 Å². The van der Waals surface area contributed by atoms with Crippen molar-refractivity contribution in [2.75, 3.05) is 31.6 Å². The molecule has 0 spiro atoms. The van der Waals surface area contributed by atoms with Crippen molar-refractivity contribution in [2.24, 2.45) is 5.92 Å². The Morgan fingerprint density at radius 2 is 2.33 bits per heavy atom. The summed E-state index contributed by atoms with van der Waals surface area (Å²) in [6.45, 7) is 7.24. The van der Waals surface area contributed by atoms with E-state index in [9.17, 15) is 4.79 Å². The molecule has 1 fully saturated rings. The molecular weight excluding hydrogens is 332 g/mol. The maximum atomic E-state index is 12.4. The van der Waals surface area contributed by atoms with Crippen LogP contribution in [0.25, 0.3) is 0 Å². The summed E-state index contributed by atoms with van der Waals surface area (Å²) in [6, 6.07) is 5.83. The van der Waals surface area contributed by atoms with Gasteiger partial charge in [-0.1, -0.05) is 22.9 Å². The van der Waals surface area contributed by atoms with Crippen molar-refractivity contribution in [1.29, 1.82) is 0 Å². The number of nitrogens with one attached hydrogen (secondary N) is 1. The number of carbonyl (C=O) groups excluding carboxylic acids is 1. The van der Waals surface area contributed by atoms with Crippen LogP contribution >= 0.6 is 15.9 Å². The summed E-state index contributed by atoms with van der Waals surface area (Å²) in [5.74, 6) is 0.467. The molecule has 116 valence electrons. The Morgan fingerprint density at radius 1 is 1.52 bits per heavy atom. The average molecular weight is 355 g/mol. The maximum absolute atomic E-state index is 12.4. The van der Waals surface area contributed by atoms with E-state index in [0.717, 1.165) is 54.9 Å². The third-order valence-corrected chi connectivity index (χ3v) is 4.58. The van der Waals surface area contributed by atoms with Gasteiger partial charge in [0.25, 0.3) is 0 Å². The van der Waals surface area contributed by atoms with Gasteiger partial charge in [0.2, 0.25) is 0 Å². The summed E-state index contributed by atoms with van der Waals surface area (Å²) in [5.41, 5.74) is 1.95. The summed E-state index contributed by atoms with van der Waals surface area (Å²) in [4.78, 5) is 14.3. The van der Waals surface area contributed by atoms with E-state index < -0.39 is 0 Å². The van der Waals surface area contributed by atoms with Gasteiger partial charge in [0, 0.05) is 35.8 Å². The van der Waals surface area contributed by atoms with Crippen LogP contribution in [-0.2, 0) is 4.74 Å². The number of carbonyl (C=O) groups is 1. The lowest BCUT2D eigenvalue weighted by Crippen LogP contribution is -2.39. The van der Waals surface area contributed by atoms with Crippen molar-refractivity contribution in [3.05, 3.63) is 28.2 Å². The second-order valence-electron chi connectivity index (χ2n) is 5.57. The first-order chi connectivity index (χ1) is 10.1. The first-order valence-corrected chi connectivity index (χ1v) is 8.29. The Kier molecular flexibility index (Phi) is 6.06. The summed E-state index contributed by atoms with van der Waals surface area (Å²) < 4.78 is 6.45. The largest absolute Gasteiger partial charge is 0.381 e. The van der Waals surface area contributed by atoms with Crippen molar-refractivity contribution < 1.29 is 9.53 Å². The molecule has 2 amide bonds. The maximum Gasteiger partial charge on any atom is 0.321 e. The van der Waals surface area contributed by atoms with Crippen LogP contribution in [-0.4, -0.2) is 37.2 Å². The van der Waals surface area contributed by atoms with E-state index in [1.807, 2.05) is 30.0 Å². The van der Waals surface area contributed by atoms with E-state index in [1.54, 1.807) is 0 Å². The van der Waals surface area contributed by atoms with Gasteiger partial charge in [0.1, 0.15) is 0 Å². The van der Waals surface area contributed by atoms with Crippen LogP contribution in [0.15, 0.2) is 22.7 Å². The lowest BCUT2D eigenvalue weighted by Gasteiger charge is -2.25. The molecule has 1 unspecified atom stereocenters. The molecule has 0 aromatic heterocycles. The highest BCUT2D eigenvalue weighted by Gasteiger charge is 2.22. The van der Waals surface area contributed by atoms with Gasteiger partial charge in [-0.25, -0.2) is 4.79 Å². The van der Waals surface area contributed by atoms with Gasteiger partial charge in [-0.3, -0.25) is 0 Å². The number of ether oxygens (including phenoxy) is 1. The molecule has 1 saturated heterocycles. The molecule has 4 nitrogen and oxygen atoms in total. The summed E-state index contributed by atoms with van der Waals surface area (Å²) in [7, 11) is 0. The first kappa shape index (κ1) is 16.3. The number of hydrogen-bond donors (Lipinski definition) is 1. The normalized spacial score (nSPS) is 17.8. The van der Waals surface area contributed by atoms with Gasteiger partial charge in [-0.15, -0.1) is 0 Å².